The number of benzene rings is 4. The third kappa shape index (κ3) is 4.13. The highest BCUT2D eigenvalue weighted by Gasteiger charge is 2.20. The van der Waals surface area contributed by atoms with E-state index in [0.29, 0.717) is 0 Å². The third-order valence-corrected chi connectivity index (χ3v) is 7.33. The molecule has 3 heteroatoms. The zero-order valence-electron chi connectivity index (χ0n) is 14.6. The molecule has 0 heterocycles. The van der Waals surface area contributed by atoms with Gasteiger partial charge in [0.05, 0.1) is 4.47 Å². The molecule has 0 fully saturated rings. The van der Waals surface area contributed by atoms with E-state index in [1.54, 1.807) is 0 Å². The van der Waals surface area contributed by atoms with Crippen LogP contribution in [0.1, 0.15) is 0 Å². The van der Waals surface area contributed by atoms with Crippen molar-refractivity contribution in [2.24, 2.45) is 0 Å². The maximum absolute atomic E-state index is 6.33. The highest BCUT2D eigenvalue weighted by Crippen LogP contribution is 2.38. The molecule has 0 unspecified atom stereocenters. The number of para-hydroxylation sites is 2. The summed E-state index contributed by atoms with van der Waals surface area (Å²) in [5.74, 6) is 1.71. The highest BCUT2D eigenvalue weighted by molar-refractivity contribution is 9.10. The van der Waals surface area contributed by atoms with Gasteiger partial charge in [-0.3, -0.25) is 0 Å². The minimum Gasteiger partial charge on any atom is -0.455 e. The van der Waals surface area contributed by atoms with Crippen molar-refractivity contribution >= 4 is 39.8 Å². The van der Waals surface area contributed by atoms with Crippen LogP contribution in [0.3, 0.4) is 0 Å². The van der Waals surface area contributed by atoms with E-state index in [9.17, 15) is 0 Å². The van der Waals surface area contributed by atoms with Gasteiger partial charge in [-0.15, -0.1) is 0 Å². The molecule has 0 aliphatic rings. The molecule has 4 aromatic rings. The van der Waals surface area contributed by atoms with Gasteiger partial charge in [0.25, 0.3) is 0 Å². The summed E-state index contributed by atoms with van der Waals surface area (Å²) in [4.78, 5) is 0. The first-order valence-corrected chi connectivity index (χ1v) is 10.9. The van der Waals surface area contributed by atoms with E-state index >= 15 is 0 Å². The Morgan fingerprint density at radius 1 is 0.519 bits per heavy atom. The van der Waals surface area contributed by atoms with E-state index in [0.717, 1.165) is 16.0 Å². The molecule has 0 saturated heterocycles. The average Bonchev–Trinajstić information content (AvgIpc) is 2.73. The van der Waals surface area contributed by atoms with Crippen molar-refractivity contribution in [1.29, 1.82) is 0 Å². The summed E-state index contributed by atoms with van der Waals surface area (Å²) in [6, 6.07) is 37.6. The van der Waals surface area contributed by atoms with Crippen molar-refractivity contribution in [3.05, 3.63) is 114 Å². The zero-order chi connectivity index (χ0) is 18.5. The van der Waals surface area contributed by atoms with Crippen LogP contribution in [0.25, 0.3) is 0 Å². The number of ether oxygens (including phenoxy) is 1. The second kappa shape index (κ2) is 8.52. The molecular formula is C24H18BrOP. The quantitative estimate of drug-likeness (QED) is 0.351. The summed E-state index contributed by atoms with van der Waals surface area (Å²) in [7, 11) is -0.713. The SMILES string of the molecule is Brc1ccccc1Oc1ccccc1P(c1ccccc1)c1ccccc1. The molecule has 0 amide bonds. The standard InChI is InChI=1S/C24H18BrOP/c25-21-15-7-8-16-22(21)26-23-17-9-10-18-24(23)27(19-11-3-1-4-12-19)20-13-5-2-6-14-20/h1-18H. The monoisotopic (exact) mass is 432 g/mol. The van der Waals surface area contributed by atoms with Crippen molar-refractivity contribution in [2.75, 3.05) is 0 Å². The fourth-order valence-electron chi connectivity index (χ4n) is 2.96. The first-order chi connectivity index (χ1) is 13.3. The van der Waals surface area contributed by atoms with Crippen LogP contribution in [0.2, 0.25) is 0 Å². The lowest BCUT2D eigenvalue weighted by Gasteiger charge is -2.22. The third-order valence-electron chi connectivity index (χ3n) is 4.19. The van der Waals surface area contributed by atoms with Gasteiger partial charge in [0.1, 0.15) is 11.5 Å². The molecule has 1 nitrogen and oxygen atoms in total. The molecule has 0 saturated carbocycles. The van der Waals surface area contributed by atoms with Crippen molar-refractivity contribution in [1.82, 2.24) is 0 Å². The fraction of sp³-hybridized carbons (Fsp3) is 0. The maximum Gasteiger partial charge on any atom is 0.141 e. The van der Waals surface area contributed by atoms with Crippen LogP contribution in [-0.2, 0) is 0 Å². The van der Waals surface area contributed by atoms with Gasteiger partial charge in [-0.1, -0.05) is 91.0 Å². The van der Waals surface area contributed by atoms with E-state index in [1.165, 1.54) is 15.9 Å². The number of rotatable bonds is 5. The van der Waals surface area contributed by atoms with Crippen molar-refractivity contribution in [3.8, 4) is 11.5 Å². The number of hydrogen-bond donors (Lipinski definition) is 0. The lowest BCUT2D eigenvalue weighted by Crippen LogP contribution is -2.21. The number of hydrogen-bond acceptors (Lipinski definition) is 1. The highest BCUT2D eigenvalue weighted by atomic mass is 79.9. The summed E-state index contributed by atoms with van der Waals surface area (Å²) in [6.45, 7) is 0. The van der Waals surface area contributed by atoms with Gasteiger partial charge in [0.2, 0.25) is 0 Å². The van der Waals surface area contributed by atoms with Crippen LogP contribution in [0.4, 0.5) is 0 Å². The van der Waals surface area contributed by atoms with Crippen LogP contribution in [0.15, 0.2) is 114 Å². The molecule has 0 N–H and O–H groups in total. The second-order valence-corrected chi connectivity index (χ2v) is 9.05. The molecular weight excluding hydrogens is 415 g/mol. The van der Waals surface area contributed by atoms with Gasteiger partial charge >= 0.3 is 0 Å². The Bertz CT molecular complexity index is 979. The van der Waals surface area contributed by atoms with E-state index in [-0.39, 0.29) is 0 Å². The van der Waals surface area contributed by atoms with Crippen LogP contribution < -0.4 is 20.7 Å². The normalized spacial score (nSPS) is 10.7. The van der Waals surface area contributed by atoms with Crippen molar-refractivity contribution in [3.63, 3.8) is 0 Å². The Morgan fingerprint density at radius 3 is 1.59 bits per heavy atom. The lowest BCUT2D eigenvalue weighted by atomic mass is 10.3. The van der Waals surface area contributed by atoms with E-state index < -0.39 is 7.92 Å². The first-order valence-electron chi connectivity index (χ1n) is 8.74. The minimum atomic E-state index is -0.713. The second-order valence-electron chi connectivity index (χ2n) is 6.01. The maximum atomic E-state index is 6.33. The van der Waals surface area contributed by atoms with Gasteiger partial charge in [-0.2, -0.15) is 0 Å². The Kier molecular flexibility index (Phi) is 5.67. The molecule has 4 aromatic carbocycles. The van der Waals surface area contributed by atoms with Gasteiger partial charge in [0, 0.05) is 5.30 Å². The predicted octanol–water partition coefficient (Wildman–Crippen LogP) is 6.00. The summed E-state index contributed by atoms with van der Waals surface area (Å²) >= 11 is 3.59. The van der Waals surface area contributed by atoms with Gasteiger partial charge < -0.3 is 4.74 Å². The number of halogens is 1. The minimum absolute atomic E-state index is 0.713. The predicted molar refractivity (Wildman–Crippen MR) is 119 cm³/mol. The smallest absolute Gasteiger partial charge is 0.141 e. The van der Waals surface area contributed by atoms with Crippen molar-refractivity contribution in [2.45, 2.75) is 0 Å². The van der Waals surface area contributed by atoms with E-state index in [2.05, 4.69) is 94.8 Å². The molecule has 0 spiro atoms. The van der Waals surface area contributed by atoms with E-state index in [1.807, 2.05) is 30.3 Å². The first kappa shape index (κ1) is 18.0. The molecule has 0 bridgehead atoms. The van der Waals surface area contributed by atoms with Gasteiger partial charge in [-0.25, -0.2) is 0 Å². The molecule has 0 aliphatic heterocycles. The van der Waals surface area contributed by atoms with Crippen LogP contribution in [0.5, 0.6) is 11.5 Å². The summed E-state index contributed by atoms with van der Waals surface area (Å²) in [5, 5.41) is 3.82. The molecule has 4 rings (SSSR count). The fourth-order valence-corrected chi connectivity index (χ4v) is 5.69. The van der Waals surface area contributed by atoms with Crippen LogP contribution in [0, 0.1) is 0 Å². The Balaban J connectivity index is 1.83. The molecule has 0 aromatic heterocycles. The largest absolute Gasteiger partial charge is 0.455 e. The van der Waals surface area contributed by atoms with Crippen molar-refractivity contribution < 1.29 is 4.74 Å². The van der Waals surface area contributed by atoms with Crippen LogP contribution in [-0.4, -0.2) is 0 Å². The Hall–Kier alpha value is -2.41. The van der Waals surface area contributed by atoms with Gasteiger partial charge in [0.15, 0.2) is 0 Å². The van der Waals surface area contributed by atoms with Crippen LogP contribution >= 0.6 is 23.9 Å². The van der Waals surface area contributed by atoms with Gasteiger partial charge in [-0.05, 0) is 52.7 Å². The molecule has 132 valence electrons. The van der Waals surface area contributed by atoms with E-state index in [4.69, 9.17) is 4.74 Å². The summed E-state index contributed by atoms with van der Waals surface area (Å²) in [6.07, 6.45) is 0. The topological polar surface area (TPSA) is 9.23 Å². The zero-order valence-corrected chi connectivity index (χ0v) is 17.1. The molecule has 27 heavy (non-hydrogen) atoms. The molecule has 0 atom stereocenters. The Labute approximate surface area is 169 Å². The molecule has 0 aliphatic carbocycles. The average molecular weight is 433 g/mol. The lowest BCUT2D eigenvalue weighted by molar-refractivity contribution is 0.483. The Morgan fingerprint density at radius 2 is 1.00 bits per heavy atom. The summed E-state index contributed by atoms with van der Waals surface area (Å²) in [5.41, 5.74) is 0. The molecule has 0 radical (unpaired) electrons. The summed E-state index contributed by atoms with van der Waals surface area (Å²) < 4.78 is 7.28.